The molecule has 1 atom stereocenters. The third-order valence-corrected chi connectivity index (χ3v) is 3.01. The van der Waals surface area contributed by atoms with Crippen LogP contribution in [0, 0.1) is 5.41 Å². The number of thioether (sulfide) groups is 1. The second kappa shape index (κ2) is 4.07. The Morgan fingerprint density at radius 3 is 2.57 bits per heavy atom. The molecule has 1 aliphatic rings. The fraction of sp³-hybridized carbons (Fsp3) is 0.200. The number of hydrogen-bond acceptors (Lipinski definition) is 5. The smallest absolute Gasteiger partial charge is 0.238 e. The van der Waals surface area contributed by atoms with E-state index < -0.39 is 11.2 Å². The predicted molar refractivity (Wildman–Crippen MR) is 62.7 cm³/mol. The normalized spacial score (nSPS) is 21.1. The highest BCUT2D eigenvalue weighted by Crippen LogP contribution is 2.25. The van der Waals surface area contributed by atoms with E-state index in [1.54, 1.807) is 0 Å². The molecule has 0 aliphatic carbocycles. The van der Waals surface area contributed by atoms with Gasteiger partial charge in [-0.15, -0.1) is 0 Å². The van der Waals surface area contributed by atoms with E-state index in [9.17, 15) is 4.79 Å². The van der Waals surface area contributed by atoms with Gasteiger partial charge >= 0.3 is 0 Å². The number of hydrazine groups is 1. The molecular formula is C5H7N5OS3. The van der Waals surface area contributed by atoms with Crippen LogP contribution in [0.15, 0.2) is 0 Å². The fourth-order valence-electron chi connectivity index (χ4n) is 0.834. The van der Waals surface area contributed by atoms with Gasteiger partial charge in [0.05, 0.1) is 0 Å². The van der Waals surface area contributed by atoms with E-state index in [2.05, 4.69) is 17.6 Å². The van der Waals surface area contributed by atoms with Crippen LogP contribution in [-0.4, -0.2) is 31.4 Å². The van der Waals surface area contributed by atoms with E-state index in [1.165, 1.54) is 0 Å². The van der Waals surface area contributed by atoms with Gasteiger partial charge < -0.3 is 11.5 Å². The zero-order chi connectivity index (χ0) is 10.9. The first-order valence-electron chi connectivity index (χ1n) is 3.38. The van der Waals surface area contributed by atoms with Crippen molar-refractivity contribution in [2.75, 3.05) is 0 Å². The predicted octanol–water partition coefficient (Wildman–Crippen LogP) is -1.10. The van der Waals surface area contributed by atoms with Gasteiger partial charge in [0.15, 0.2) is 9.43 Å². The number of carbonyl (C=O) groups excluding carboxylic acids is 1. The molecule has 9 heteroatoms. The molecule has 0 unspecified atom stereocenters. The average molecular weight is 249 g/mol. The number of amides is 1. The first-order valence-corrected chi connectivity index (χ1v) is 5.07. The van der Waals surface area contributed by atoms with Gasteiger partial charge in [-0.1, -0.05) is 24.0 Å². The van der Waals surface area contributed by atoms with Gasteiger partial charge in [-0.3, -0.25) is 15.6 Å². The van der Waals surface area contributed by atoms with Crippen molar-refractivity contribution < 1.29 is 4.79 Å². The minimum absolute atomic E-state index is 0.0252. The summed E-state index contributed by atoms with van der Waals surface area (Å²) < 4.78 is 0.298. The zero-order valence-corrected chi connectivity index (χ0v) is 9.26. The van der Waals surface area contributed by atoms with E-state index in [1.807, 2.05) is 0 Å². The van der Waals surface area contributed by atoms with Gasteiger partial charge in [0.1, 0.15) is 11.1 Å². The van der Waals surface area contributed by atoms with Crippen LogP contribution in [0.2, 0.25) is 0 Å². The Morgan fingerprint density at radius 2 is 2.21 bits per heavy atom. The van der Waals surface area contributed by atoms with Gasteiger partial charge in [0.2, 0.25) is 5.91 Å². The number of amidine groups is 1. The summed E-state index contributed by atoms with van der Waals surface area (Å²) in [6, 6.07) is 0. The summed E-state index contributed by atoms with van der Waals surface area (Å²) in [6.07, 6.45) is 0. The van der Waals surface area contributed by atoms with Crippen molar-refractivity contribution in [3.05, 3.63) is 0 Å². The highest BCUT2D eigenvalue weighted by atomic mass is 32.2. The summed E-state index contributed by atoms with van der Waals surface area (Å²) in [6.45, 7) is 0. The lowest BCUT2D eigenvalue weighted by molar-refractivity contribution is -0.116. The van der Waals surface area contributed by atoms with Gasteiger partial charge in [-0.2, -0.15) is 0 Å². The zero-order valence-electron chi connectivity index (χ0n) is 6.81. The molecule has 6 nitrogen and oxygen atoms in total. The van der Waals surface area contributed by atoms with E-state index in [4.69, 9.17) is 29.1 Å². The highest BCUT2D eigenvalue weighted by molar-refractivity contribution is 8.24. The van der Waals surface area contributed by atoms with Gasteiger partial charge in [-0.05, 0) is 12.2 Å². The Bertz CT molecular complexity index is 329. The number of nitrogens with zero attached hydrogens (tertiary/aromatic N) is 1. The van der Waals surface area contributed by atoms with Crippen molar-refractivity contribution in [1.29, 1.82) is 5.41 Å². The number of hydrogen-bond donors (Lipinski definition) is 4. The summed E-state index contributed by atoms with van der Waals surface area (Å²) in [5.41, 5.74) is 12.8. The first-order chi connectivity index (χ1) is 6.43. The van der Waals surface area contributed by atoms with E-state index in [0.29, 0.717) is 4.32 Å². The second-order valence-electron chi connectivity index (χ2n) is 2.36. The number of rotatable bonds is 2. The topological polar surface area (TPSA) is 108 Å². The van der Waals surface area contributed by atoms with Crippen LogP contribution in [0.1, 0.15) is 0 Å². The molecule has 1 fully saturated rings. The molecule has 1 amide bonds. The lowest BCUT2D eigenvalue weighted by Crippen LogP contribution is -2.49. The number of nitrogens with two attached hydrogens (primary N) is 2. The molecule has 0 aromatic carbocycles. The highest BCUT2D eigenvalue weighted by Gasteiger charge is 2.37. The summed E-state index contributed by atoms with van der Waals surface area (Å²) in [7, 11) is 0. The van der Waals surface area contributed by atoms with Gasteiger partial charge in [0, 0.05) is 0 Å². The van der Waals surface area contributed by atoms with Crippen molar-refractivity contribution >= 4 is 57.4 Å². The number of primary amides is 1. The van der Waals surface area contributed by atoms with Crippen molar-refractivity contribution in [3.63, 3.8) is 0 Å². The minimum atomic E-state index is -0.774. The largest absolute Gasteiger partial charge is 0.375 e. The molecule has 1 aliphatic heterocycles. The Labute approximate surface area is 94.8 Å². The molecular weight excluding hydrogens is 242 g/mol. The molecule has 0 bridgehead atoms. The van der Waals surface area contributed by atoms with Crippen LogP contribution in [0.25, 0.3) is 0 Å². The van der Waals surface area contributed by atoms with Crippen molar-refractivity contribution in [3.8, 4) is 0 Å². The van der Waals surface area contributed by atoms with E-state index in [-0.39, 0.29) is 10.9 Å². The molecule has 76 valence electrons. The summed E-state index contributed by atoms with van der Waals surface area (Å²) in [5.74, 6) is -0.671. The maximum absolute atomic E-state index is 10.9. The van der Waals surface area contributed by atoms with Crippen molar-refractivity contribution in [2.24, 2.45) is 11.5 Å². The quantitative estimate of drug-likeness (QED) is 0.460. The second-order valence-corrected chi connectivity index (χ2v) is 4.54. The molecule has 0 aromatic heterocycles. The lowest BCUT2D eigenvalue weighted by Gasteiger charge is -2.17. The first kappa shape index (κ1) is 11.1. The van der Waals surface area contributed by atoms with E-state index in [0.717, 1.165) is 16.8 Å². The number of carbonyl (C=O) groups is 1. The molecule has 1 saturated heterocycles. The average Bonchev–Trinajstić information content (AvgIpc) is 2.31. The van der Waals surface area contributed by atoms with Crippen molar-refractivity contribution in [1.82, 2.24) is 10.4 Å². The summed E-state index contributed by atoms with van der Waals surface area (Å²) in [4.78, 5) is 10.9. The maximum Gasteiger partial charge on any atom is 0.238 e. The molecule has 0 saturated carbocycles. The third kappa shape index (κ3) is 2.11. The molecule has 14 heavy (non-hydrogen) atoms. The molecule has 6 N–H and O–H groups in total. The maximum atomic E-state index is 10.9. The molecule has 0 radical (unpaired) electrons. The third-order valence-electron chi connectivity index (χ3n) is 1.37. The Kier molecular flexibility index (Phi) is 3.24. The van der Waals surface area contributed by atoms with Crippen molar-refractivity contribution in [2.45, 2.75) is 5.25 Å². The van der Waals surface area contributed by atoms with E-state index >= 15 is 0 Å². The SMILES string of the molecule is N=C1[C@@H](C(N)=O)SC(=S)N1NC(N)=S. The Hall–Kier alpha value is -0.930. The molecule has 1 rings (SSSR count). The Balaban J connectivity index is 2.80. The molecule has 0 aromatic rings. The standard InChI is InChI=1S/C5H7N5OS3/c6-2-1(3(7)11)14-5(13)10(2)9-4(8)12/h1,6H,(H2,7,11)(H3,8,9,12)/t1-/m0/s1. The van der Waals surface area contributed by atoms with Crippen LogP contribution >= 0.6 is 36.2 Å². The Morgan fingerprint density at radius 1 is 1.64 bits per heavy atom. The summed E-state index contributed by atoms with van der Waals surface area (Å²) in [5, 5.41) is 7.92. The van der Waals surface area contributed by atoms with Crippen LogP contribution < -0.4 is 16.9 Å². The van der Waals surface area contributed by atoms with Gasteiger partial charge in [-0.25, -0.2) is 5.01 Å². The monoisotopic (exact) mass is 249 g/mol. The van der Waals surface area contributed by atoms with Crippen LogP contribution in [0.5, 0.6) is 0 Å². The minimum Gasteiger partial charge on any atom is -0.375 e. The summed E-state index contributed by atoms with van der Waals surface area (Å²) >= 11 is 10.5. The van der Waals surface area contributed by atoms with Gasteiger partial charge in [0.25, 0.3) is 0 Å². The molecule has 0 spiro atoms. The van der Waals surface area contributed by atoms with Crippen LogP contribution in [0.3, 0.4) is 0 Å². The number of thiocarbonyl (C=S) groups is 2. The number of nitrogens with one attached hydrogen (secondary N) is 2. The lowest BCUT2D eigenvalue weighted by atomic mass is 10.3. The van der Waals surface area contributed by atoms with Crippen LogP contribution in [-0.2, 0) is 4.79 Å². The van der Waals surface area contributed by atoms with Crippen LogP contribution in [0.4, 0.5) is 0 Å². The molecule has 1 heterocycles. The fourth-order valence-corrected chi connectivity index (χ4v) is 2.14.